The summed E-state index contributed by atoms with van der Waals surface area (Å²) < 4.78 is 0. The molecule has 6 heteroatoms. The van der Waals surface area contributed by atoms with Crippen LogP contribution in [0.5, 0.6) is 0 Å². The molecule has 3 rings (SSSR count). The van der Waals surface area contributed by atoms with E-state index in [2.05, 4.69) is 5.32 Å². The number of carbonyl (C=O) groups excluding carboxylic acids is 3. The Morgan fingerprint density at radius 1 is 1.20 bits per heavy atom. The summed E-state index contributed by atoms with van der Waals surface area (Å²) in [5, 5.41) is 3.37. The highest BCUT2D eigenvalue weighted by Crippen LogP contribution is 2.33. The number of urea groups is 1. The van der Waals surface area contributed by atoms with Crippen LogP contribution in [0.1, 0.15) is 51.0 Å². The van der Waals surface area contributed by atoms with Crippen LogP contribution in [0.2, 0.25) is 5.02 Å². The SMILES string of the molecule is CCC1(c2ccc(Cl)cc2)NC(=O)N(CC(=O)C2CCCCC2)C1=O. The summed E-state index contributed by atoms with van der Waals surface area (Å²) in [7, 11) is 0. The van der Waals surface area contributed by atoms with Gasteiger partial charge in [-0.05, 0) is 37.0 Å². The number of Topliss-reactive ketones (excluding diaryl/α,β-unsaturated/α-hetero) is 1. The van der Waals surface area contributed by atoms with Crippen molar-refractivity contribution in [1.82, 2.24) is 10.2 Å². The minimum Gasteiger partial charge on any atom is -0.319 e. The van der Waals surface area contributed by atoms with Crippen LogP contribution in [-0.2, 0) is 15.1 Å². The largest absolute Gasteiger partial charge is 0.325 e. The van der Waals surface area contributed by atoms with E-state index >= 15 is 0 Å². The Labute approximate surface area is 152 Å². The predicted octanol–water partition coefficient (Wildman–Crippen LogP) is 3.65. The van der Waals surface area contributed by atoms with Gasteiger partial charge >= 0.3 is 6.03 Å². The number of hydrogen-bond donors (Lipinski definition) is 1. The van der Waals surface area contributed by atoms with E-state index < -0.39 is 11.6 Å². The molecule has 1 saturated carbocycles. The lowest BCUT2D eigenvalue weighted by Crippen LogP contribution is -2.44. The maximum absolute atomic E-state index is 13.0. The molecule has 5 nitrogen and oxygen atoms in total. The maximum atomic E-state index is 13.0. The lowest BCUT2D eigenvalue weighted by molar-refractivity contribution is -0.136. The van der Waals surface area contributed by atoms with Gasteiger partial charge in [-0.25, -0.2) is 4.79 Å². The number of carbonyl (C=O) groups is 3. The van der Waals surface area contributed by atoms with Gasteiger partial charge in [-0.3, -0.25) is 14.5 Å². The van der Waals surface area contributed by atoms with E-state index in [1.54, 1.807) is 24.3 Å². The highest BCUT2D eigenvalue weighted by Gasteiger charge is 2.51. The summed E-state index contributed by atoms with van der Waals surface area (Å²) in [5.41, 5.74) is -0.431. The molecule has 1 aromatic carbocycles. The van der Waals surface area contributed by atoms with Gasteiger partial charge in [-0.2, -0.15) is 0 Å². The molecule has 1 atom stereocenters. The zero-order chi connectivity index (χ0) is 18.0. The lowest BCUT2D eigenvalue weighted by Gasteiger charge is -2.26. The molecule has 1 aliphatic heterocycles. The highest BCUT2D eigenvalue weighted by molar-refractivity contribution is 6.30. The number of nitrogens with zero attached hydrogens (tertiary/aromatic N) is 1. The first-order valence-corrected chi connectivity index (χ1v) is 9.28. The number of benzene rings is 1. The number of rotatable bonds is 5. The average molecular weight is 363 g/mol. The number of halogens is 1. The van der Waals surface area contributed by atoms with Crippen molar-refractivity contribution in [2.75, 3.05) is 6.54 Å². The van der Waals surface area contributed by atoms with E-state index in [-0.39, 0.29) is 24.2 Å². The van der Waals surface area contributed by atoms with Crippen LogP contribution < -0.4 is 5.32 Å². The Hall–Kier alpha value is -1.88. The third kappa shape index (κ3) is 3.30. The molecule has 134 valence electrons. The standard InChI is InChI=1S/C19H23ClN2O3/c1-2-19(14-8-10-15(20)11-9-14)17(24)22(18(25)21-19)12-16(23)13-6-4-3-5-7-13/h8-11,13H,2-7,12H2,1H3,(H,21,25). The van der Waals surface area contributed by atoms with Gasteiger partial charge in [0.1, 0.15) is 5.54 Å². The van der Waals surface area contributed by atoms with Crippen molar-refractivity contribution in [2.24, 2.45) is 5.92 Å². The van der Waals surface area contributed by atoms with E-state index in [0.29, 0.717) is 17.0 Å². The zero-order valence-corrected chi connectivity index (χ0v) is 15.1. The number of amides is 3. The van der Waals surface area contributed by atoms with Gasteiger partial charge in [0.25, 0.3) is 5.91 Å². The molecule has 3 amide bonds. The predicted molar refractivity (Wildman–Crippen MR) is 95.2 cm³/mol. The number of nitrogens with one attached hydrogen (secondary N) is 1. The molecular formula is C19H23ClN2O3. The average Bonchev–Trinajstić information content (AvgIpc) is 2.88. The van der Waals surface area contributed by atoms with Gasteiger partial charge in [0.2, 0.25) is 0 Å². The van der Waals surface area contributed by atoms with E-state index in [1.165, 1.54) is 0 Å². The summed E-state index contributed by atoms with van der Waals surface area (Å²) >= 11 is 5.93. The molecule has 0 aromatic heterocycles. The molecule has 1 heterocycles. The minimum atomic E-state index is -1.12. The summed E-state index contributed by atoms with van der Waals surface area (Å²) in [5.74, 6) is -0.390. The quantitative estimate of drug-likeness (QED) is 0.813. The first kappa shape index (κ1) is 17.9. The summed E-state index contributed by atoms with van der Waals surface area (Å²) in [6.07, 6.45) is 5.37. The van der Waals surface area contributed by atoms with Gasteiger partial charge < -0.3 is 5.32 Å². The number of hydrogen-bond acceptors (Lipinski definition) is 3. The van der Waals surface area contributed by atoms with Gasteiger partial charge in [0.15, 0.2) is 5.78 Å². The van der Waals surface area contributed by atoms with Crippen LogP contribution in [0.4, 0.5) is 4.79 Å². The monoisotopic (exact) mass is 362 g/mol. The molecule has 25 heavy (non-hydrogen) atoms. The Morgan fingerprint density at radius 3 is 2.44 bits per heavy atom. The zero-order valence-electron chi connectivity index (χ0n) is 14.4. The highest BCUT2D eigenvalue weighted by atomic mass is 35.5. The van der Waals surface area contributed by atoms with E-state index in [1.807, 2.05) is 6.92 Å². The van der Waals surface area contributed by atoms with Crippen LogP contribution in [0, 0.1) is 5.92 Å². The summed E-state index contributed by atoms with van der Waals surface area (Å²) in [4.78, 5) is 39.1. The van der Waals surface area contributed by atoms with Crippen LogP contribution in [0.15, 0.2) is 24.3 Å². The molecule has 1 saturated heterocycles. The first-order valence-electron chi connectivity index (χ1n) is 8.91. The van der Waals surface area contributed by atoms with E-state index in [4.69, 9.17) is 11.6 Å². The molecule has 2 aliphatic rings. The topological polar surface area (TPSA) is 66.5 Å². The van der Waals surface area contributed by atoms with Crippen LogP contribution in [0.25, 0.3) is 0 Å². The Balaban J connectivity index is 1.80. The first-order chi connectivity index (χ1) is 12.0. The molecule has 0 radical (unpaired) electrons. The minimum absolute atomic E-state index is 0.00814. The molecule has 0 spiro atoms. The van der Waals surface area contributed by atoms with Crippen molar-refractivity contribution in [2.45, 2.75) is 51.0 Å². The Kier molecular flexibility index (Phi) is 5.13. The fourth-order valence-electron chi connectivity index (χ4n) is 3.85. The molecule has 2 fully saturated rings. The molecule has 0 bridgehead atoms. The smallest absolute Gasteiger partial charge is 0.319 e. The second-order valence-corrected chi connectivity index (χ2v) is 7.32. The number of imide groups is 1. The molecule has 1 N–H and O–H groups in total. The van der Waals surface area contributed by atoms with Crippen molar-refractivity contribution in [3.05, 3.63) is 34.9 Å². The van der Waals surface area contributed by atoms with Crippen molar-refractivity contribution in [1.29, 1.82) is 0 Å². The van der Waals surface area contributed by atoms with E-state index in [9.17, 15) is 14.4 Å². The maximum Gasteiger partial charge on any atom is 0.325 e. The Bertz CT molecular complexity index is 682. The molecular weight excluding hydrogens is 340 g/mol. The third-order valence-corrected chi connectivity index (χ3v) is 5.67. The van der Waals surface area contributed by atoms with Gasteiger partial charge in [-0.1, -0.05) is 49.9 Å². The summed E-state index contributed by atoms with van der Waals surface area (Å²) in [6.45, 7) is 1.71. The Morgan fingerprint density at radius 2 is 1.84 bits per heavy atom. The van der Waals surface area contributed by atoms with E-state index in [0.717, 1.165) is 37.0 Å². The van der Waals surface area contributed by atoms with Crippen molar-refractivity contribution in [3.8, 4) is 0 Å². The fourth-order valence-corrected chi connectivity index (χ4v) is 3.98. The third-order valence-electron chi connectivity index (χ3n) is 5.42. The van der Waals surface area contributed by atoms with Crippen LogP contribution in [-0.4, -0.2) is 29.2 Å². The lowest BCUT2D eigenvalue weighted by atomic mass is 9.85. The van der Waals surface area contributed by atoms with Crippen LogP contribution in [0.3, 0.4) is 0 Å². The molecule has 1 aromatic rings. The number of ketones is 1. The van der Waals surface area contributed by atoms with Gasteiger partial charge in [-0.15, -0.1) is 0 Å². The van der Waals surface area contributed by atoms with Gasteiger partial charge in [0, 0.05) is 10.9 Å². The van der Waals surface area contributed by atoms with Crippen LogP contribution >= 0.6 is 11.6 Å². The second kappa shape index (κ2) is 7.16. The molecule has 1 aliphatic carbocycles. The van der Waals surface area contributed by atoms with Crippen molar-refractivity contribution in [3.63, 3.8) is 0 Å². The van der Waals surface area contributed by atoms with Gasteiger partial charge in [0.05, 0.1) is 6.54 Å². The second-order valence-electron chi connectivity index (χ2n) is 6.89. The van der Waals surface area contributed by atoms with Crippen molar-refractivity contribution < 1.29 is 14.4 Å². The molecule has 1 unspecified atom stereocenters. The normalized spacial score (nSPS) is 24.5. The van der Waals surface area contributed by atoms with Crippen molar-refractivity contribution >= 4 is 29.3 Å². The fraction of sp³-hybridized carbons (Fsp3) is 0.526. The summed E-state index contributed by atoms with van der Waals surface area (Å²) in [6, 6.07) is 6.39.